The summed E-state index contributed by atoms with van der Waals surface area (Å²) in [5.74, 6) is 0.936. The van der Waals surface area contributed by atoms with E-state index in [0.29, 0.717) is 46.8 Å². The molecule has 3 aromatic rings. The molecule has 2 aromatic carbocycles. The number of benzene rings is 2. The summed E-state index contributed by atoms with van der Waals surface area (Å²) in [6.45, 7) is 4.64. The fourth-order valence-corrected chi connectivity index (χ4v) is 3.04. The second-order valence-electron chi connectivity index (χ2n) is 7.19. The van der Waals surface area contributed by atoms with E-state index in [2.05, 4.69) is 0 Å². The Balaban J connectivity index is 0.00000256. The Kier molecular flexibility index (Phi) is 6.34. The van der Waals surface area contributed by atoms with Gasteiger partial charge in [0, 0.05) is 6.07 Å². The first-order valence-corrected chi connectivity index (χ1v) is 9.37. The zero-order chi connectivity index (χ0) is 20.5. The van der Waals surface area contributed by atoms with Crippen LogP contribution in [0.25, 0.3) is 22.1 Å². The van der Waals surface area contributed by atoms with Crippen molar-refractivity contribution >= 4 is 29.3 Å². The first-order chi connectivity index (χ1) is 13.9. The molecule has 0 fully saturated rings. The Hall–Kier alpha value is -3.03. The zero-order valence-corrected chi connectivity index (χ0v) is 17.4. The summed E-state index contributed by atoms with van der Waals surface area (Å²) in [5, 5.41) is 0.380. The van der Waals surface area contributed by atoms with Crippen molar-refractivity contribution in [2.45, 2.75) is 19.9 Å². The van der Waals surface area contributed by atoms with Crippen LogP contribution in [0.4, 0.5) is 0 Å². The minimum absolute atomic E-state index is 0. The van der Waals surface area contributed by atoms with E-state index in [9.17, 15) is 9.59 Å². The molecule has 1 aliphatic rings. The molecule has 0 spiro atoms. The van der Waals surface area contributed by atoms with E-state index < -0.39 is 12.0 Å². The molecule has 0 radical (unpaired) electrons. The van der Waals surface area contributed by atoms with Crippen molar-refractivity contribution in [2.24, 2.45) is 11.7 Å². The third kappa shape index (κ3) is 4.13. The van der Waals surface area contributed by atoms with Crippen LogP contribution in [0.3, 0.4) is 0 Å². The summed E-state index contributed by atoms with van der Waals surface area (Å²) in [6.07, 6.45) is 1.39. The van der Waals surface area contributed by atoms with E-state index in [1.54, 1.807) is 30.3 Å². The van der Waals surface area contributed by atoms with Crippen molar-refractivity contribution < 1.29 is 23.4 Å². The van der Waals surface area contributed by atoms with Gasteiger partial charge in [0.2, 0.25) is 0 Å². The van der Waals surface area contributed by atoms with E-state index in [-0.39, 0.29) is 29.5 Å². The maximum Gasteiger partial charge on any atom is 0.328 e. The molecule has 0 saturated carbocycles. The van der Waals surface area contributed by atoms with Gasteiger partial charge in [-0.3, -0.25) is 4.79 Å². The summed E-state index contributed by atoms with van der Waals surface area (Å²) in [7, 11) is 0. The van der Waals surface area contributed by atoms with Gasteiger partial charge in [0.1, 0.15) is 36.9 Å². The number of nitrogens with two attached hydrogens (primary N) is 1. The summed E-state index contributed by atoms with van der Waals surface area (Å²) >= 11 is 0. The normalized spacial score (nSPS) is 13.6. The Bertz CT molecular complexity index is 1140. The van der Waals surface area contributed by atoms with Crippen molar-refractivity contribution in [3.63, 3.8) is 0 Å². The average molecular weight is 432 g/mol. The van der Waals surface area contributed by atoms with Gasteiger partial charge in [0.05, 0.1) is 10.9 Å². The number of rotatable bonds is 4. The van der Waals surface area contributed by atoms with Crippen LogP contribution in [0.1, 0.15) is 13.8 Å². The van der Waals surface area contributed by atoms with Gasteiger partial charge in [0.25, 0.3) is 0 Å². The largest absolute Gasteiger partial charge is 0.486 e. The van der Waals surface area contributed by atoms with Crippen molar-refractivity contribution in [3.8, 4) is 28.4 Å². The van der Waals surface area contributed by atoms with E-state index in [0.717, 1.165) is 0 Å². The smallest absolute Gasteiger partial charge is 0.328 e. The molecule has 0 bridgehead atoms. The fraction of sp³-hybridized carbons (Fsp3) is 0.273. The topological polar surface area (TPSA) is 101 Å². The number of hydrogen-bond donors (Lipinski definition) is 1. The van der Waals surface area contributed by atoms with Crippen LogP contribution in [-0.2, 0) is 4.79 Å². The van der Waals surface area contributed by atoms with Crippen molar-refractivity contribution in [1.29, 1.82) is 0 Å². The predicted molar refractivity (Wildman–Crippen MR) is 115 cm³/mol. The average Bonchev–Trinajstić information content (AvgIpc) is 2.73. The molecule has 8 heteroatoms. The number of halogens is 1. The summed E-state index contributed by atoms with van der Waals surface area (Å²) < 4.78 is 22.1. The van der Waals surface area contributed by atoms with Gasteiger partial charge in [-0.2, -0.15) is 0 Å². The van der Waals surface area contributed by atoms with E-state index in [4.69, 9.17) is 24.4 Å². The highest BCUT2D eigenvalue weighted by atomic mass is 35.5. The second kappa shape index (κ2) is 8.77. The van der Waals surface area contributed by atoms with Gasteiger partial charge in [-0.15, -0.1) is 12.4 Å². The fourth-order valence-electron chi connectivity index (χ4n) is 3.04. The molecule has 4 rings (SSSR count). The number of carbonyl (C=O) groups is 1. The molecule has 158 valence electrons. The molecular formula is C22H22ClNO6. The molecule has 2 N–H and O–H groups in total. The highest BCUT2D eigenvalue weighted by molar-refractivity contribution is 5.85. The highest BCUT2D eigenvalue weighted by Gasteiger charge is 2.20. The minimum Gasteiger partial charge on any atom is -0.486 e. The number of esters is 1. The third-order valence-corrected chi connectivity index (χ3v) is 4.81. The molecule has 0 aliphatic carbocycles. The van der Waals surface area contributed by atoms with Gasteiger partial charge in [-0.25, -0.2) is 4.79 Å². The highest BCUT2D eigenvalue weighted by Crippen LogP contribution is 2.34. The standard InChI is InChI=1S/C22H21NO6.ClH/c1-12(2)20(23)22(25)29-14-4-5-15-18(10-14)28-11-16(21(15)24)13-3-6-17-19(9-13)27-8-7-26-17;/h3-6,9-12,20H,7-8,23H2,1-2H3;1H. The Morgan fingerprint density at radius 3 is 2.53 bits per heavy atom. The summed E-state index contributed by atoms with van der Waals surface area (Å²) in [5.41, 5.74) is 7.01. The van der Waals surface area contributed by atoms with Crippen molar-refractivity contribution in [1.82, 2.24) is 0 Å². The second-order valence-corrected chi connectivity index (χ2v) is 7.19. The van der Waals surface area contributed by atoms with Crippen LogP contribution < -0.4 is 25.4 Å². The van der Waals surface area contributed by atoms with Gasteiger partial charge in [-0.05, 0) is 35.7 Å². The molecule has 1 aromatic heterocycles. The Morgan fingerprint density at radius 1 is 1.07 bits per heavy atom. The lowest BCUT2D eigenvalue weighted by Crippen LogP contribution is -2.38. The first-order valence-electron chi connectivity index (χ1n) is 9.37. The van der Waals surface area contributed by atoms with Crippen LogP contribution >= 0.6 is 12.4 Å². The summed E-state index contributed by atoms with van der Waals surface area (Å²) in [6, 6.07) is 9.23. The van der Waals surface area contributed by atoms with Crippen LogP contribution in [0, 0.1) is 5.92 Å². The van der Waals surface area contributed by atoms with E-state index >= 15 is 0 Å². The molecule has 7 nitrogen and oxygen atoms in total. The molecular weight excluding hydrogens is 410 g/mol. The maximum atomic E-state index is 13.0. The van der Waals surface area contributed by atoms with Gasteiger partial charge in [0.15, 0.2) is 16.9 Å². The van der Waals surface area contributed by atoms with Crippen molar-refractivity contribution in [2.75, 3.05) is 13.2 Å². The number of hydrogen-bond acceptors (Lipinski definition) is 7. The zero-order valence-electron chi connectivity index (χ0n) is 16.5. The lowest BCUT2D eigenvalue weighted by molar-refractivity contribution is -0.136. The molecule has 1 atom stereocenters. The van der Waals surface area contributed by atoms with Crippen LogP contribution in [0.2, 0.25) is 0 Å². The monoisotopic (exact) mass is 431 g/mol. The van der Waals surface area contributed by atoms with Crippen molar-refractivity contribution in [3.05, 3.63) is 52.9 Å². The predicted octanol–water partition coefficient (Wildman–Crippen LogP) is 3.54. The molecule has 1 aliphatic heterocycles. The minimum atomic E-state index is -0.727. The van der Waals surface area contributed by atoms with E-state index in [1.807, 2.05) is 13.8 Å². The SMILES string of the molecule is CC(C)C(N)C(=O)Oc1ccc2c(=O)c(-c3ccc4c(c3)OCCO4)coc2c1.Cl. The van der Waals surface area contributed by atoms with Gasteiger partial charge >= 0.3 is 5.97 Å². The maximum absolute atomic E-state index is 13.0. The number of ether oxygens (including phenoxy) is 3. The van der Waals surface area contributed by atoms with Gasteiger partial charge < -0.3 is 24.4 Å². The molecule has 1 unspecified atom stereocenters. The third-order valence-electron chi connectivity index (χ3n) is 4.81. The molecule has 0 amide bonds. The quantitative estimate of drug-likeness (QED) is 0.498. The molecule has 2 heterocycles. The van der Waals surface area contributed by atoms with Crippen LogP contribution in [-0.4, -0.2) is 25.2 Å². The van der Waals surface area contributed by atoms with Gasteiger partial charge in [-0.1, -0.05) is 19.9 Å². The number of carbonyl (C=O) groups excluding carboxylic acids is 1. The molecule has 0 saturated heterocycles. The van der Waals surface area contributed by atoms with E-state index in [1.165, 1.54) is 12.3 Å². The first kappa shape index (κ1) is 21.7. The Morgan fingerprint density at radius 2 is 1.80 bits per heavy atom. The number of fused-ring (bicyclic) bond motifs is 2. The molecule has 30 heavy (non-hydrogen) atoms. The summed E-state index contributed by atoms with van der Waals surface area (Å²) in [4.78, 5) is 25.0. The van der Waals surface area contributed by atoms with Crippen LogP contribution in [0.5, 0.6) is 17.2 Å². The van der Waals surface area contributed by atoms with Crippen LogP contribution in [0.15, 0.2) is 51.9 Å². The Labute approximate surface area is 179 Å². The lowest BCUT2D eigenvalue weighted by Gasteiger charge is -2.18. The lowest BCUT2D eigenvalue weighted by atomic mass is 10.0.